The Morgan fingerprint density at radius 3 is 2.17 bits per heavy atom. The van der Waals surface area contributed by atoms with E-state index >= 15 is 0 Å². The van der Waals surface area contributed by atoms with Crippen molar-refractivity contribution in [1.82, 2.24) is 18.8 Å². The summed E-state index contributed by atoms with van der Waals surface area (Å²) < 4.78 is 34.3. The average molecular weight is 663 g/mol. The van der Waals surface area contributed by atoms with Crippen LogP contribution in [0.1, 0.15) is 48.7 Å². The predicted octanol–water partition coefficient (Wildman–Crippen LogP) is 7.43. The summed E-state index contributed by atoms with van der Waals surface area (Å²) in [4.78, 5) is 32.9. The van der Waals surface area contributed by atoms with E-state index in [4.69, 9.17) is 9.72 Å². The van der Waals surface area contributed by atoms with Gasteiger partial charge < -0.3 is 9.64 Å². The highest BCUT2D eigenvalue weighted by Crippen LogP contribution is 2.35. The first kappa shape index (κ1) is 32.7. The van der Waals surface area contributed by atoms with Crippen molar-refractivity contribution in [2.45, 2.75) is 38.5 Å². The van der Waals surface area contributed by atoms with Crippen LogP contribution < -0.4 is 0 Å². The highest BCUT2D eigenvalue weighted by molar-refractivity contribution is 7.89. The number of benzene rings is 3. The fourth-order valence-corrected chi connectivity index (χ4v) is 7.13. The molecule has 246 valence electrons. The third-order valence-electron chi connectivity index (χ3n) is 8.10. The lowest BCUT2D eigenvalue weighted by atomic mass is 9.99. The number of pyridine rings is 1. The molecule has 1 aliphatic rings. The lowest BCUT2D eigenvalue weighted by Gasteiger charge is -2.23. The summed E-state index contributed by atoms with van der Waals surface area (Å²) in [5.74, 6) is -0.299. The number of carbonyl (C=O) groups excluding carboxylic acids is 2. The molecule has 0 atom stereocenters. The van der Waals surface area contributed by atoms with E-state index in [-0.39, 0.29) is 17.8 Å². The first-order chi connectivity index (χ1) is 22.8. The Balaban J connectivity index is 1.36. The minimum absolute atomic E-state index is 0.118. The first-order valence-corrected chi connectivity index (χ1v) is 17.3. The lowest BCUT2D eigenvalue weighted by molar-refractivity contribution is 0.0349. The molecule has 10 heteroatoms. The minimum atomic E-state index is -3.82. The maximum atomic E-state index is 13.8. The third kappa shape index (κ3) is 6.89. The SMILES string of the molecule is CN(C)C(=O)c1ccc(-c2cn(S(=O)(=O)Cc3ccccc3)c3ncc(-c4ccc(C5=CN(C(=O)OC(C)(C)C)CC5)cc4)cc23)cc1. The Morgan fingerprint density at radius 1 is 0.875 bits per heavy atom. The van der Waals surface area contributed by atoms with E-state index in [1.807, 2.05) is 87.6 Å². The van der Waals surface area contributed by atoms with Crippen LogP contribution in [0.2, 0.25) is 0 Å². The summed E-state index contributed by atoms with van der Waals surface area (Å²) in [5.41, 5.74) is 6.21. The number of rotatable bonds is 7. The summed E-state index contributed by atoms with van der Waals surface area (Å²) in [7, 11) is -0.425. The molecule has 9 nitrogen and oxygen atoms in total. The molecule has 3 aromatic carbocycles. The van der Waals surface area contributed by atoms with E-state index in [0.29, 0.717) is 34.3 Å². The Morgan fingerprint density at radius 2 is 1.52 bits per heavy atom. The minimum Gasteiger partial charge on any atom is -0.443 e. The van der Waals surface area contributed by atoms with Gasteiger partial charge in [-0.25, -0.2) is 22.2 Å². The molecule has 0 fully saturated rings. The molecule has 0 bridgehead atoms. The Bertz CT molecular complexity index is 2130. The van der Waals surface area contributed by atoms with Gasteiger partial charge in [-0.05, 0) is 73.2 Å². The van der Waals surface area contributed by atoms with E-state index in [9.17, 15) is 18.0 Å². The molecule has 3 heterocycles. The van der Waals surface area contributed by atoms with Gasteiger partial charge in [0, 0.05) is 61.3 Å². The highest BCUT2D eigenvalue weighted by Gasteiger charge is 2.26. The number of carbonyl (C=O) groups is 2. The zero-order valence-corrected chi connectivity index (χ0v) is 28.5. The summed E-state index contributed by atoms with van der Waals surface area (Å²) in [6.07, 6.45) is 5.52. The molecule has 0 aliphatic carbocycles. The van der Waals surface area contributed by atoms with Gasteiger partial charge in [0.15, 0.2) is 5.65 Å². The van der Waals surface area contributed by atoms with Crippen molar-refractivity contribution in [3.8, 4) is 22.3 Å². The third-order valence-corrected chi connectivity index (χ3v) is 9.68. The maximum absolute atomic E-state index is 13.8. The van der Waals surface area contributed by atoms with E-state index < -0.39 is 15.6 Å². The molecule has 0 spiro atoms. The Hall–Kier alpha value is -5.22. The zero-order chi connectivity index (χ0) is 34.2. The van der Waals surface area contributed by atoms with Crippen molar-refractivity contribution in [2.75, 3.05) is 20.6 Å². The molecule has 0 saturated heterocycles. The van der Waals surface area contributed by atoms with E-state index in [2.05, 4.69) is 0 Å². The van der Waals surface area contributed by atoms with Gasteiger partial charge >= 0.3 is 6.09 Å². The van der Waals surface area contributed by atoms with Gasteiger partial charge in [-0.1, -0.05) is 66.7 Å². The average Bonchev–Trinajstić information content (AvgIpc) is 3.70. The molecule has 5 aromatic rings. The van der Waals surface area contributed by atoms with Crippen LogP contribution in [0.4, 0.5) is 4.79 Å². The van der Waals surface area contributed by atoms with Gasteiger partial charge in [-0.2, -0.15) is 0 Å². The monoisotopic (exact) mass is 662 g/mol. The molecule has 0 radical (unpaired) electrons. The smallest absolute Gasteiger partial charge is 0.414 e. The topological polar surface area (TPSA) is 102 Å². The van der Waals surface area contributed by atoms with Crippen LogP contribution in [-0.2, 0) is 20.5 Å². The van der Waals surface area contributed by atoms with Crippen molar-refractivity contribution in [1.29, 1.82) is 0 Å². The second kappa shape index (κ2) is 12.8. The fraction of sp³-hybridized carbons (Fsp3) is 0.237. The van der Waals surface area contributed by atoms with Crippen molar-refractivity contribution in [3.63, 3.8) is 0 Å². The number of nitrogens with zero attached hydrogens (tertiary/aromatic N) is 4. The van der Waals surface area contributed by atoms with Crippen LogP contribution >= 0.6 is 0 Å². The summed E-state index contributed by atoms with van der Waals surface area (Å²) in [6, 6.07) is 26.2. The largest absolute Gasteiger partial charge is 0.443 e. The number of ether oxygens (including phenoxy) is 1. The molecule has 0 saturated carbocycles. The molecule has 6 rings (SSSR count). The summed E-state index contributed by atoms with van der Waals surface area (Å²) in [6.45, 7) is 6.11. The van der Waals surface area contributed by atoms with Crippen molar-refractivity contribution in [2.24, 2.45) is 0 Å². The zero-order valence-electron chi connectivity index (χ0n) is 27.7. The first-order valence-electron chi connectivity index (χ1n) is 15.7. The highest BCUT2D eigenvalue weighted by atomic mass is 32.2. The number of fused-ring (bicyclic) bond motifs is 1. The number of hydrogen-bond donors (Lipinski definition) is 0. The fourth-order valence-electron chi connectivity index (χ4n) is 5.70. The predicted molar refractivity (Wildman–Crippen MR) is 189 cm³/mol. The van der Waals surface area contributed by atoms with E-state index in [1.54, 1.807) is 55.7 Å². The van der Waals surface area contributed by atoms with Crippen LogP contribution in [0.5, 0.6) is 0 Å². The molecule has 0 unspecified atom stereocenters. The number of aromatic nitrogens is 2. The molecular weight excluding hydrogens is 625 g/mol. The maximum Gasteiger partial charge on any atom is 0.414 e. The van der Waals surface area contributed by atoms with Crippen LogP contribution in [0.25, 0.3) is 38.9 Å². The van der Waals surface area contributed by atoms with Crippen LogP contribution in [0.3, 0.4) is 0 Å². The van der Waals surface area contributed by atoms with E-state index in [1.165, 1.54) is 8.87 Å². The molecule has 2 amide bonds. The number of hydrogen-bond acceptors (Lipinski definition) is 6. The van der Waals surface area contributed by atoms with Crippen LogP contribution in [-0.4, -0.2) is 65.4 Å². The van der Waals surface area contributed by atoms with Gasteiger partial charge in [0.25, 0.3) is 5.91 Å². The van der Waals surface area contributed by atoms with Crippen molar-refractivity contribution >= 4 is 38.6 Å². The van der Waals surface area contributed by atoms with Crippen LogP contribution in [0, 0.1) is 0 Å². The Kier molecular flexibility index (Phi) is 8.70. The summed E-state index contributed by atoms with van der Waals surface area (Å²) >= 11 is 0. The van der Waals surface area contributed by atoms with Gasteiger partial charge in [-0.3, -0.25) is 9.69 Å². The van der Waals surface area contributed by atoms with E-state index in [0.717, 1.165) is 34.2 Å². The molecule has 0 N–H and O–H groups in total. The second-order valence-electron chi connectivity index (χ2n) is 13.1. The second-order valence-corrected chi connectivity index (χ2v) is 15.0. The number of amides is 2. The molecule has 48 heavy (non-hydrogen) atoms. The Labute approximate surface area is 281 Å². The quantitative estimate of drug-likeness (QED) is 0.180. The van der Waals surface area contributed by atoms with Gasteiger partial charge in [0.05, 0.1) is 5.75 Å². The van der Waals surface area contributed by atoms with Gasteiger partial charge in [0.1, 0.15) is 5.60 Å². The molecule has 2 aromatic heterocycles. The standard InChI is InChI=1S/C38H38N4O5S/c1-38(2,3)47-37(44)41-20-19-31(23-41)27-11-13-28(14-12-27)32-21-33-34(29-15-17-30(18-16-29)36(43)40(4)5)24-42(35(33)39-22-32)48(45,46)25-26-9-7-6-8-10-26/h6-18,21-24H,19-20,25H2,1-5H3. The van der Waals surface area contributed by atoms with Crippen LogP contribution in [0.15, 0.2) is 104 Å². The normalized spacial score (nSPS) is 13.4. The van der Waals surface area contributed by atoms with Gasteiger partial charge in [0.2, 0.25) is 10.0 Å². The lowest BCUT2D eigenvalue weighted by Crippen LogP contribution is -2.32. The van der Waals surface area contributed by atoms with Crippen molar-refractivity contribution in [3.05, 3.63) is 120 Å². The molecular formula is C38H38N4O5S. The summed E-state index contributed by atoms with van der Waals surface area (Å²) in [5, 5.41) is 0.673. The molecule has 1 aliphatic heterocycles. The van der Waals surface area contributed by atoms with Crippen molar-refractivity contribution < 1.29 is 22.7 Å². The van der Waals surface area contributed by atoms with Gasteiger partial charge in [-0.15, -0.1) is 0 Å².